The van der Waals surface area contributed by atoms with Gasteiger partial charge in [0.15, 0.2) is 0 Å². The van der Waals surface area contributed by atoms with Crippen LogP contribution in [-0.4, -0.2) is 73.4 Å². The van der Waals surface area contributed by atoms with E-state index in [-0.39, 0.29) is 19.1 Å². The van der Waals surface area contributed by atoms with Gasteiger partial charge in [0.25, 0.3) is 0 Å². The monoisotopic (exact) mass is 788 g/mol. The number of carbonyl (C=O) groups excluding carboxylic acids is 1. The minimum Gasteiger partial charge on any atom is -0.391 e. The number of carbonyl (C=O) groups is 1. The average molecular weight is 788 g/mol. The van der Waals surface area contributed by atoms with Gasteiger partial charge in [-0.25, -0.2) is 4.57 Å². The summed E-state index contributed by atoms with van der Waals surface area (Å²) in [6, 6.07) is -0.770. The van der Waals surface area contributed by atoms with Gasteiger partial charge >= 0.3 is 7.82 Å². The number of aliphatic hydroxyl groups excluding tert-OH is 1. The van der Waals surface area contributed by atoms with Gasteiger partial charge in [-0.15, -0.1) is 0 Å². The van der Waals surface area contributed by atoms with Crippen molar-refractivity contribution in [3.63, 3.8) is 0 Å². The number of aliphatic hydroxyl groups is 1. The lowest BCUT2D eigenvalue weighted by atomic mass is 10.0. The molecule has 0 spiro atoms. The Morgan fingerprint density at radius 1 is 0.611 bits per heavy atom. The quantitative estimate of drug-likeness (QED) is 0.0246. The number of phosphoric acid groups is 1. The number of hydrogen-bond donors (Lipinski definition) is 3. The number of phosphoric ester groups is 1. The number of likely N-dealkylation sites (N-methyl/N-ethyl adjacent to an activating group) is 1. The molecule has 0 rings (SSSR count). The maximum absolute atomic E-state index is 12.8. The number of unbranched alkanes of at least 4 members (excludes halogenated alkanes) is 27. The Morgan fingerprint density at radius 3 is 1.43 bits per heavy atom. The van der Waals surface area contributed by atoms with Crippen LogP contribution in [0.25, 0.3) is 0 Å². The van der Waals surface area contributed by atoms with Crippen molar-refractivity contribution in [1.29, 1.82) is 0 Å². The van der Waals surface area contributed by atoms with Crippen molar-refractivity contribution < 1.29 is 32.9 Å². The summed E-state index contributed by atoms with van der Waals surface area (Å²) >= 11 is 0. The minimum absolute atomic E-state index is 0.0719. The van der Waals surface area contributed by atoms with Crippen LogP contribution in [0, 0.1) is 0 Å². The van der Waals surface area contributed by atoms with Crippen LogP contribution < -0.4 is 5.32 Å². The molecule has 3 N–H and O–H groups in total. The number of allylic oxidation sites excluding steroid dienone is 2. The first-order valence-electron chi connectivity index (χ1n) is 23.1. The van der Waals surface area contributed by atoms with Crippen LogP contribution in [0.1, 0.15) is 219 Å². The highest BCUT2D eigenvalue weighted by Gasteiger charge is 2.28. The summed E-state index contributed by atoms with van der Waals surface area (Å²) in [5.74, 6) is -0.179. The summed E-state index contributed by atoms with van der Waals surface area (Å²) < 4.78 is 23.6. The third-order valence-corrected chi connectivity index (χ3v) is 11.5. The van der Waals surface area contributed by atoms with Gasteiger partial charge in [0.1, 0.15) is 13.2 Å². The van der Waals surface area contributed by atoms with Crippen LogP contribution in [-0.2, 0) is 18.4 Å². The molecule has 0 aromatic rings. The van der Waals surface area contributed by atoms with Crippen LogP contribution in [0.2, 0.25) is 0 Å². The first-order chi connectivity index (χ1) is 26.0. The number of nitrogens with zero attached hydrogens (tertiary/aromatic N) is 1. The van der Waals surface area contributed by atoms with E-state index in [0.29, 0.717) is 30.3 Å². The second kappa shape index (κ2) is 37.8. The average Bonchev–Trinajstić information content (AvgIpc) is 3.12. The zero-order valence-electron chi connectivity index (χ0n) is 36.5. The molecule has 0 saturated carbocycles. The van der Waals surface area contributed by atoms with Crippen molar-refractivity contribution in [2.75, 3.05) is 40.9 Å². The van der Waals surface area contributed by atoms with Gasteiger partial charge in [-0.1, -0.05) is 193 Å². The smallest absolute Gasteiger partial charge is 0.391 e. The van der Waals surface area contributed by atoms with E-state index in [0.717, 1.165) is 32.1 Å². The molecule has 0 aromatic carbocycles. The van der Waals surface area contributed by atoms with Crippen molar-refractivity contribution >= 4 is 13.7 Å². The summed E-state index contributed by atoms with van der Waals surface area (Å²) in [7, 11) is 1.61. The highest BCUT2D eigenvalue weighted by molar-refractivity contribution is 7.47. The molecule has 0 heterocycles. The molecule has 0 bridgehead atoms. The highest BCUT2D eigenvalue weighted by Crippen LogP contribution is 2.43. The van der Waals surface area contributed by atoms with E-state index in [1.165, 1.54) is 154 Å². The van der Waals surface area contributed by atoms with Crippen LogP contribution >= 0.6 is 7.82 Å². The number of hydrogen-bond acceptors (Lipinski definition) is 5. The molecule has 3 atom stereocenters. The van der Waals surface area contributed by atoms with Crippen LogP contribution in [0.5, 0.6) is 0 Å². The van der Waals surface area contributed by atoms with E-state index in [4.69, 9.17) is 9.05 Å². The van der Waals surface area contributed by atoms with Gasteiger partial charge in [0.2, 0.25) is 5.91 Å². The van der Waals surface area contributed by atoms with E-state index >= 15 is 0 Å². The Bertz CT molecular complexity index is 896. The molecule has 1 amide bonds. The SMILES string of the molecule is CCCCCC/C=C\CCCC(=O)NC(COP(=O)(O)OCC[N+](C)(C)C)C(O)CCCCCCCCCCCCCCCCCCCCCCCCC. The van der Waals surface area contributed by atoms with Gasteiger partial charge in [0.05, 0.1) is 39.9 Å². The lowest BCUT2D eigenvalue weighted by Crippen LogP contribution is -2.46. The highest BCUT2D eigenvalue weighted by atomic mass is 31.2. The van der Waals surface area contributed by atoms with Gasteiger partial charge in [-0.2, -0.15) is 0 Å². The lowest BCUT2D eigenvalue weighted by molar-refractivity contribution is -0.870. The Hall–Kier alpha value is -0.760. The topological polar surface area (TPSA) is 105 Å². The summed E-state index contributed by atoms with van der Waals surface area (Å²) in [6.07, 6.45) is 42.7. The first kappa shape index (κ1) is 53.2. The molecule has 3 unspecified atom stereocenters. The molecule has 0 saturated heterocycles. The molecular formula is C45H92N2O6P+. The molecule has 0 fully saturated rings. The van der Waals surface area contributed by atoms with Gasteiger partial charge in [-0.05, 0) is 32.1 Å². The Kier molecular flexibility index (Phi) is 37.3. The third kappa shape index (κ3) is 39.5. The van der Waals surface area contributed by atoms with E-state index in [1.807, 2.05) is 21.1 Å². The largest absolute Gasteiger partial charge is 0.472 e. The van der Waals surface area contributed by atoms with Crippen molar-refractivity contribution in [3.05, 3.63) is 12.2 Å². The number of amides is 1. The molecule has 54 heavy (non-hydrogen) atoms. The van der Waals surface area contributed by atoms with E-state index in [9.17, 15) is 19.4 Å². The number of nitrogens with one attached hydrogen (secondary N) is 1. The molecule has 0 aliphatic carbocycles. The van der Waals surface area contributed by atoms with Crippen LogP contribution in [0.4, 0.5) is 0 Å². The van der Waals surface area contributed by atoms with Gasteiger partial charge in [-0.3, -0.25) is 13.8 Å². The zero-order chi connectivity index (χ0) is 40.0. The summed E-state index contributed by atoms with van der Waals surface area (Å²) in [5, 5.41) is 13.9. The molecular weight excluding hydrogens is 695 g/mol. The molecule has 0 aromatic heterocycles. The molecule has 8 nitrogen and oxygen atoms in total. The maximum Gasteiger partial charge on any atom is 0.472 e. The predicted octanol–water partition coefficient (Wildman–Crippen LogP) is 12.8. The Morgan fingerprint density at radius 2 is 1.00 bits per heavy atom. The summed E-state index contributed by atoms with van der Waals surface area (Å²) in [4.78, 5) is 23.0. The van der Waals surface area contributed by atoms with Crippen molar-refractivity contribution in [1.82, 2.24) is 5.32 Å². The van der Waals surface area contributed by atoms with Crippen LogP contribution in [0.15, 0.2) is 12.2 Å². The van der Waals surface area contributed by atoms with Crippen molar-refractivity contribution in [2.24, 2.45) is 0 Å². The Balaban J connectivity index is 4.17. The van der Waals surface area contributed by atoms with Crippen molar-refractivity contribution in [2.45, 2.75) is 231 Å². The van der Waals surface area contributed by atoms with Crippen LogP contribution in [0.3, 0.4) is 0 Å². The normalized spacial score (nSPS) is 14.4. The first-order valence-corrected chi connectivity index (χ1v) is 24.5. The van der Waals surface area contributed by atoms with E-state index in [1.54, 1.807) is 0 Å². The lowest BCUT2D eigenvalue weighted by Gasteiger charge is -2.26. The summed E-state index contributed by atoms with van der Waals surface area (Å²) in [6.45, 7) is 4.84. The molecule has 0 radical (unpaired) electrons. The predicted molar refractivity (Wildman–Crippen MR) is 231 cm³/mol. The molecule has 0 aliphatic heterocycles. The maximum atomic E-state index is 12.8. The fourth-order valence-corrected chi connectivity index (χ4v) is 7.55. The van der Waals surface area contributed by atoms with Crippen molar-refractivity contribution in [3.8, 4) is 0 Å². The molecule has 9 heteroatoms. The van der Waals surface area contributed by atoms with Gasteiger partial charge < -0.3 is 19.8 Å². The molecule has 0 aliphatic rings. The second-order valence-electron chi connectivity index (χ2n) is 17.1. The standard InChI is InChI=1S/C45H91N2O6P/c1-6-8-10-12-14-16-17-18-19-20-21-22-23-24-25-26-27-28-29-31-32-34-36-38-44(48)43(42-53-54(50,51)52-41-40-47(3,4)5)46-45(49)39-37-35-33-30-15-13-11-9-7-2/h30,33,43-44,48H,6-29,31-32,34-42H2,1-5H3,(H-,46,49,50,51)/p+1/b33-30-. The van der Waals surface area contributed by atoms with Gasteiger partial charge in [0, 0.05) is 6.42 Å². The fourth-order valence-electron chi connectivity index (χ4n) is 6.82. The number of rotatable bonds is 42. The third-order valence-electron chi connectivity index (χ3n) is 10.5. The Labute approximate surface area is 335 Å². The second-order valence-corrected chi connectivity index (χ2v) is 18.6. The zero-order valence-corrected chi connectivity index (χ0v) is 37.4. The van der Waals surface area contributed by atoms with E-state index < -0.39 is 20.0 Å². The van der Waals surface area contributed by atoms with E-state index in [2.05, 4.69) is 31.3 Å². The fraction of sp³-hybridized carbons (Fsp3) is 0.933. The number of quaternary nitrogens is 1. The molecule has 322 valence electrons. The summed E-state index contributed by atoms with van der Waals surface area (Å²) in [5.41, 5.74) is 0. The minimum atomic E-state index is -4.31.